The second-order valence-electron chi connectivity index (χ2n) is 5.78. The van der Waals surface area contributed by atoms with Gasteiger partial charge in [-0.05, 0) is 42.5 Å². The van der Waals surface area contributed by atoms with Crippen molar-refractivity contribution in [2.75, 3.05) is 5.32 Å². The van der Waals surface area contributed by atoms with Gasteiger partial charge in [-0.2, -0.15) is 0 Å². The highest BCUT2D eigenvalue weighted by molar-refractivity contribution is 6.31. The standard InChI is InChI=1S/C19H20ClNO3/c1-12(14-7-4-3-5-8-14)15(11-18(22)23)19(24)21-17-10-6-9-16(20)13(17)2/h3-10,12,15H,11H2,1-2H3,(H,21,24)(H,22,23)/p-1/t12-,15-/m0/s1. The van der Waals surface area contributed by atoms with Crippen LogP contribution in [0.2, 0.25) is 5.02 Å². The summed E-state index contributed by atoms with van der Waals surface area (Å²) in [4.78, 5) is 23.8. The van der Waals surface area contributed by atoms with Crippen LogP contribution in [0.3, 0.4) is 0 Å². The van der Waals surface area contributed by atoms with Gasteiger partial charge in [0.1, 0.15) is 0 Å². The van der Waals surface area contributed by atoms with Gasteiger partial charge in [0, 0.05) is 16.7 Å². The van der Waals surface area contributed by atoms with Gasteiger partial charge in [0.15, 0.2) is 0 Å². The molecule has 0 heterocycles. The minimum Gasteiger partial charge on any atom is -0.550 e. The number of nitrogens with one attached hydrogen (secondary N) is 1. The number of amides is 1. The van der Waals surface area contributed by atoms with Gasteiger partial charge in [0.25, 0.3) is 0 Å². The molecule has 2 aromatic rings. The van der Waals surface area contributed by atoms with Crippen molar-refractivity contribution in [1.29, 1.82) is 0 Å². The number of hydrogen-bond donors (Lipinski definition) is 1. The summed E-state index contributed by atoms with van der Waals surface area (Å²) in [6.07, 6.45) is -0.346. The third-order valence-electron chi connectivity index (χ3n) is 4.18. The molecule has 0 saturated carbocycles. The average molecular weight is 345 g/mol. The summed E-state index contributed by atoms with van der Waals surface area (Å²) in [5, 5.41) is 14.4. The molecule has 126 valence electrons. The van der Waals surface area contributed by atoms with Crippen molar-refractivity contribution in [1.82, 2.24) is 0 Å². The Hall–Kier alpha value is -2.33. The van der Waals surface area contributed by atoms with Crippen molar-refractivity contribution < 1.29 is 14.7 Å². The lowest BCUT2D eigenvalue weighted by Crippen LogP contribution is -2.34. The lowest BCUT2D eigenvalue weighted by molar-refractivity contribution is -0.306. The molecule has 0 aliphatic heterocycles. The van der Waals surface area contributed by atoms with E-state index in [2.05, 4.69) is 5.32 Å². The Morgan fingerprint density at radius 1 is 1.12 bits per heavy atom. The predicted octanol–water partition coefficient (Wildman–Crippen LogP) is 3.15. The second kappa shape index (κ2) is 7.97. The SMILES string of the molecule is Cc1c(Cl)cccc1NC(=O)[C@@H](CC(=O)[O-])[C@@H](C)c1ccccc1. The van der Waals surface area contributed by atoms with E-state index in [-0.39, 0.29) is 18.2 Å². The molecule has 1 amide bonds. The van der Waals surface area contributed by atoms with E-state index in [0.29, 0.717) is 10.7 Å². The van der Waals surface area contributed by atoms with Crippen molar-refractivity contribution >= 4 is 29.2 Å². The molecular weight excluding hydrogens is 326 g/mol. The summed E-state index contributed by atoms with van der Waals surface area (Å²) >= 11 is 6.06. The van der Waals surface area contributed by atoms with E-state index in [1.807, 2.05) is 37.3 Å². The summed E-state index contributed by atoms with van der Waals surface area (Å²) < 4.78 is 0. The molecule has 5 heteroatoms. The zero-order valence-corrected chi connectivity index (χ0v) is 14.3. The Morgan fingerprint density at radius 3 is 2.42 bits per heavy atom. The number of carbonyl (C=O) groups is 2. The second-order valence-corrected chi connectivity index (χ2v) is 6.19. The molecule has 24 heavy (non-hydrogen) atoms. The van der Waals surface area contributed by atoms with Crippen LogP contribution in [-0.4, -0.2) is 11.9 Å². The summed E-state index contributed by atoms with van der Waals surface area (Å²) in [5.41, 5.74) is 2.23. The molecule has 0 radical (unpaired) electrons. The maximum Gasteiger partial charge on any atom is 0.228 e. The lowest BCUT2D eigenvalue weighted by Gasteiger charge is -2.24. The number of carboxylic acids is 1. The first-order chi connectivity index (χ1) is 11.4. The molecule has 0 saturated heterocycles. The topological polar surface area (TPSA) is 69.2 Å². The van der Waals surface area contributed by atoms with Gasteiger partial charge in [-0.3, -0.25) is 4.79 Å². The number of halogens is 1. The molecule has 0 fully saturated rings. The normalized spacial score (nSPS) is 13.1. The Kier molecular flexibility index (Phi) is 5.99. The summed E-state index contributed by atoms with van der Waals surface area (Å²) in [7, 11) is 0. The predicted molar refractivity (Wildman–Crippen MR) is 92.8 cm³/mol. The number of rotatable bonds is 6. The fourth-order valence-electron chi connectivity index (χ4n) is 2.63. The first-order valence-corrected chi connectivity index (χ1v) is 8.08. The van der Waals surface area contributed by atoms with Crippen molar-refractivity contribution in [3.63, 3.8) is 0 Å². The first-order valence-electron chi connectivity index (χ1n) is 7.71. The molecule has 0 aliphatic rings. The Morgan fingerprint density at radius 2 is 1.79 bits per heavy atom. The zero-order valence-electron chi connectivity index (χ0n) is 13.6. The van der Waals surface area contributed by atoms with E-state index in [9.17, 15) is 14.7 Å². The highest BCUT2D eigenvalue weighted by atomic mass is 35.5. The number of carbonyl (C=O) groups excluding carboxylic acids is 2. The molecular formula is C19H19ClNO3-. The minimum absolute atomic E-state index is 0.261. The number of hydrogen-bond acceptors (Lipinski definition) is 3. The fraction of sp³-hybridized carbons (Fsp3) is 0.263. The molecule has 0 bridgehead atoms. The largest absolute Gasteiger partial charge is 0.550 e. The first kappa shape index (κ1) is 18.0. The smallest absolute Gasteiger partial charge is 0.228 e. The maximum absolute atomic E-state index is 12.7. The van der Waals surface area contributed by atoms with E-state index >= 15 is 0 Å². The summed E-state index contributed by atoms with van der Waals surface area (Å²) in [5.74, 6) is -2.61. The van der Waals surface area contributed by atoms with E-state index in [1.165, 1.54) is 0 Å². The van der Waals surface area contributed by atoms with Crippen LogP contribution in [0.15, 0.2) is 48.5 Å². The van der Waals surface area contributed by atoms with Crippen molar-refractivity contribution in [2.45, 2.75) is 26.2 Å². The molecule has 0 unspecified atom stereocenters. The van der Waals surface area contributed by atoms with E-state index in [1.54, 1.807) is 25.1 Å². The van der Waals surface area contributed by atoms with Crippen LogP contribution in [-0.2, 0) is 9.59 Å². The van der Waals surface area contributed by atoms with Crippen LogP contribution in [0.25, 0.3) is 0 Å². The number of benzene rings is 2. The fourth-order valence-corrected chi connectivity index (χ4v) is 2.81. The third kappa shape index (κ3) is 4.36. The van der Waals surface area contributed by atoms with Crippen molar-refractivity contribution in [2.24, 2.45) is 5.92 Å². The lowest BCUT2D eigenvalue weighted by atomic mass is 9.84. The van der Waals surface area contributed by atoms with Crippen LogP contribution < -0.4 is 10.4 Å². The van der Waals surface area contributed by atoms with Crippen LogP contribution in [0, 0.1) is 12.8 Å². The van der Waals surface area contributed by atoms with E-state index in [4.69, 9.17) is 11.6 Å². The van der Waals surface area contributed by atoms with Crippen LogP contribution in [0.1, 0.15) is 30.4 Å². The quantitative estimate of drug-likeness (QED) is 0.875. The van der Waals surface area contributed by atoms with Crippen LogP contribution in [0.4, 0.5) is 5.69 Å². The van der Waals surface area contributed by atoms with E-state index in [0.717, 1.165) is 11.1 Å². The monoisotopic (exact) mass is 344 g/mol. The molecule has 4 nitrogen and oxygen atoms in total. The van der Waals surface area contributed by atoms with Gasteiger partial charge in [-0.1, -0.05) is 54.9 Å². The molecule has 0 aromatic heterocycles. The molecule has 2 aromatic carbocycles. The van der Waals surface area contributed by atoms with Gasteiger partial charge in [-0.25, -0.2) is 0 Å². The Bertz CT molecular complexity index is 731. The van der Waals surface area contributed by atoms with Gasteiger partial charge < -0.3 is 15.2 Å². The number of carboxylic acid groups (broad SMARTS) is 1. The highest BCUT2D eigenvalue weighted by Gasteiger charge is 2.27. The average Bonchev–Trinajstić information content (AvgIpc) is 2.56. The summed E-state index contributed by atoms with van der Waals surface area (Å²) in [6.45, 7) is 3.64. The van der Waals surface area contributed by atoms with Gasteiger partial charge >= 0.3 is 0 Å². The number of anilines is 1. The molecule has 0 aliphatic carbocycles. The minimum atomic E-state index is -1.25. The Labute approximate surface area is 146 Å². The molecule has 2 atom stereocenters. The Balaban J connectivity index is 2.25. The van der Waals surface area contributed by atoms with Crippen LogP contribution >= 0.6 is 11.6 Å². The van der Waals surface area contributed by atoms with Crippen molar-refractivity contribution in [3.05, 3.63) is 64.7 Å². The zero-order chi connectivity index (χ0) is 17.7. The molecule has 0 spiro atoms. The van der Waals surface area contributed by atoms with Crippen LogP contribution in [0.5, 0.6) is 0 Å². The summed E-state index contributed by atoms with van der Waals surface area (Å²) in [6, 6.07) is 14.6. The van der Waals surface area contributed by atoms with Crippen molar-refractivity contribution in [3.8, 4) is 0 Å². The van der Waals surface area contributed by atoms with Gasteiger partial charge in [0.2, 0.25) is 5.91 Å². The van der Waals surface area contributed by atoms with E-state index < -0.39 is 11.9 Å². The highest BCUT2D eigenvalue weighted by Crippen LogP contribution is 2.29. The number of aliphatic carboxylic acids is 1. The molecule has 2 rings (SSSR count). The molecule has 1 N–H and O–H groups in total. The maximum atomic E-state index is 12.7. The van der Waals surface area contributed by atoms with Gasteiger partial charge in [-0.15, -0.1) is 0 Å². The van der Waals surface area contributed by atoms with Gasteiger partial charge in [0.05, 0.1) is 5.92 Å². The third-order valence-corrected chi connectivity index (χ3v) is 4.59.